The molecule has 0 aliphatic heterocycles. The van der Waals surface area contributed by atoms with Crippen molar-refractivity contribution >= 4 is 17.8 Å². The third-order valence-electron chi connectivity index (χ3n) is 3.52. The average molecular weight is 355 g/mol. The topological polar surface area (TPSA) is 90.9 Å². The highest BCUT2D eigenvalue weighted by Crippen LogP contribution is 2.11. The average Bonchev–Trinajstić information content (AvgIpc) is 2.62. The lowest BCUT2D eigenvalue weighted by Crippen LogP contribution is -2.47. The Bertz CT molecular complexity index is 589. The number of methoxy groups -OCH3 is 1. The van der Waals surface area contributed by atoms with Crippen LogP contribution >= 0.6 is 0 Å². The lowest BCUT2D eigenvalue weighted by Gasteiger charge is -2.21. The fraction of sp³-hybridized carbons (Fsp3) is 0.471. The Kier molecular flexibility index (Phi) is 8.38. The van der Waals surface area contributed by atoms with Crippen LogP contribution in [0.2, 0.25) is 0 Å². The highest BCUT2D eigenvalue weighted by molar-refractivity contribution is 5.86. The maximum Gasteiger partial charge on any atom is 0.344 e. The van der Waals surface area contributed by atoms with Crippen molar-refractivity contribution in [3.8, 4) is 5.75 Å². The number of halogens is 1. The van der Waals surface area contributed by atoms with Crippen LogP contribution in [0.1, 0.15) is 20.3 Å². The van der Waals surface area contributed by atoms with E-state index >= 15 is 0 Å². The Hall–Kier alpha value is -2.64. The van der Waals surface area contributed by atoms with Crippen molar-refractivity contribution in [1.29, 1.82) is 0 Å². The highest BCUT2D eigenvalue weighted by atomic mass is 19.1. The summed E-state index contributed by atoms with van der Waals surface area (Å²) in [5, 5.41) is 2.48. The van der Waals surface area contributed by atoms with Gasteiger partial charge in [0.2, 0.25) is 0 Å². The summed E-state index contributed by atoms with van der Waals surface area (Å²) in [6.45, 7) is 2.70. The fourth-order valence-electron chi connectivity index (χ4n) is 1.87. The second-order valence-electron chi connectivity index (χ2n) is 5.36. The van der Waals surface area contributed by atoms with Gasteiger partial charge in [0.05, 0.1) is 7.11 Å². The van der Waals surface area contributed by atoms with Crippen LogP contribution in [0.15, 0.2) is 24.3 Å². The second kappa shape index (κ2) is 10.3. The fourth-order valence-corrected chi connectivity index (χ4v) is 1.87. The van der Waals surface area contributed by atoms with Crippen LogP contribution in [-0.2, 0) is 23.9 Å². The van der Waals surface area contributed by atoms with Crippen molar-refractivity contribution in [2.45, 2.75) is 26.3 Å². The van der Waals surface area contributed by atoms with Gasteiger partial charge in [-0.05, 0) is 30.2 Å². The molecule has 1 aromatic rings. The van der Waals surface area contributed by atoms with Crippen LogP contribution in [0.5, 0.6) is 5.75 Å². The second-order valence-corrected chi connectivity index (χ2v) is 5.36. The van der Waals surface area contributed by atoms with Crippen molar-refractivity contribution in [2.24, 2.45) is 5.92 Å². The molecule has 1 rings (SSSR count). The molecule has 1 N–H and O–H groups in total. The molecule has 0 aromatic heterocycles. The lowest BCUT2D eigenvalue weighted by atomic mass is 9.99. The van der Waals surface area contributed by atoms with Gasteiger partial charge in [-0.2, -0.15) is 0 Å². The normalized spacial score (nSPS) is 12.6. The summed E-state index contributed by atoms with van der Waals surface area (Å²) >= 11 is 0. The van der Waals surface area contributed by atoms with Crippen LogP contribution < -0.4 is 10.1 Å². The van der Waals surface area contributed by atoms with E-state index in [4.69, 9.17) is 9.47 Å². The molecule has 0 aliphatic rings. The minimum absolute atomic E-state index is 0.131. The first-order chi connectivity index (χ1) is 11.9. The molecule has 0 saturated carbocycles. The predicted octanol–water partition coefficient (Wildman–Crippen LogP) is 1.45. The standard InChI is InChI=1S/C17H22FNO6/c1-4-11(2)16(17(22)23-3)19-14(20)9-25-15(21)10-24-13-7-5-12(18)6-8-13/h5-8,11,16H,4,9-10H2,1-3H3,(H,19,20)/t11-,16-/m1/s1. The zero-order valence-electron chi connectivity index (χ0n) is 14.4. The van der Waals surface area contributed by atoms with E-state index < -0.39 is 42.9 Å². The van der Waals surface area contributed by atoms with Crippen LogP contribution in [0.4, 0.5) is 4.39 Å². The Balaban J connectivity index is 2.39. The van der Waals surface area contributed by atoms with Gasteiger partial charge in [0.15, 0.2) is 13.2 Å². The van der Waals surface area contributed by atoms with Gasteiger partial charge in [0, 0.05) is 0 Å². The summed E-state index contributed by atoms with van der Waals surface area (Å²) in [7, 11) is 1.23. The predicted molar refractivity (Wildman–Crippen MR) is 86.3 cm³/mol. The minimum Gasteiger partial charge on any atom is -0.482 e. The van der Waals surface area contributed by atoms with Gasteiger partial charge < -0.3 is 19.5 Å². The summed E-state index contributed by atoms with van der Waals surface area (Å²) in [6.07, 6.45) is 0.658. The van der Waals surface area contributed by atoms with Crippen molar-refractivity contribution in [3.63, 3.8) is 0 Å². The van der Waals surface area contributed by atoms with Crippen LogP contribution in [0.25, 0.3) is 0 Å². The van der Waals surface area contributed by atoms with Gasteiger partial charge in [-0.3, -0.25) is 4.79 Å². The Labute approximate surface area is 145 Å². The molecular weight excluding hydrogens is 333 g/mol. The molecule has 0 bridgehead atoms. The first kappa shape index (κ1) is 20.4. The number of hydrogen-bond acceptors (Lipinski definition) is 6. The SMILES string of the molecule is CC[C@@H](C)[C@@H](NC(=O)COC(=O)COc1ccc(F)cc1)C(=O)OC. The zero-order valence-corrected chi connectivity index (χ0v) is 14.4. The number of nitrogens with one attached hydrogen (secondary N) is 1. The number of ether oxygens (including phenoxy) is 3. The van der Waals surface area contributed by atoms with Gasteiger partial charge >= 0.3 is 11.9 Å². The van der Waals surface area contributed by atoms with E-state index in [1.165, 1.54) is 31.4 Å². The number of benzene rings is 1. The summed E-state index contributed by atoms with van der Waals surface area (Å²) in [5.41, 5.74) is 0. The highest BCUT2D eigenvalue weighted by Gasteiger charge is 2.26. The molecule has 0 radical (unpaired) electrons. The van der Waals surface area contributed by atoms with Gasteiger partial charge in [-0.15, -0.1) is 0 Å². The number of rotatable bonds is 9. The summed E-state index contributed by atoms with van der Waals surface area (Å²) in [5.74, 6) is -2.20. The van der Waals surface area contributed by atoms with Crippen molar-refractivity contribution in [2.75, 3.05) is 20.3 Å². The molecule has 25 heavy (non-hydrogen) atoms. The third kappa shape index (κ3) is 7.19. The molecule has 0 fully saturated rings. The number of hydrogen-bond donors (Lipinski definition) is 1. The smallest absolute Gasteiger partial charge is 0.344 e. The van der Waals surface area contributed by atoms with Gasteiger partial charge in [-0.25, -0.2) is 14.0 Å². The molecule has 1 amide bonds. The molecule has 0 spiro atoms. The maximum absolute atomic E-state index is 12.7. The molecule has 8 heteroatoms. The van der Waals surface area contributed by atoms with Crippen molar-refractivity contribution < 1.29 is 33.0 Å². The summed E-state index contributed by atoms with van der Waals surface area (Å²) in [6, 6.07) is 4.30. The molecule has 0 heterocycles. The molecule has 138 valence electrons. The number of esters is 2. The molecule has 0 unspecified atom stereocenters. The van der Waals surface area contributed by atoms with E-state index in [1.807, 2.05) is 6.92 Å². The Morgan fingerprint density at radius 2 is 1.80 bits per heavy atom. The molecule has 1 aromatic carbocycles. The van der Waals surface area contributed by atoms with E-state index in [2.05, 4.69) is 10.1 Å². The molecule has 0 saturated heterocycles. The van der Waals surface area contributed by atoms with Crippen molar-refractivity contribution in [1.82, 2.24) is 5.32 Å². The molecule has 2 atom stereocenters. The minimum atomic E-state index is -0.809. The van der Waals surface area contributed by atoms with Crippen LogP contribution in [0, 0.1) is 11.7 Å². The van der Waals surface area contributed by atoms with E-state index in [0.717, 1.165) is 0 Å². The number of carbonyl (C=O) groups is 3. The maximum atomic E-state index is 12.7. The third-order valence-corrected chi connectivity index (χ3v) is 3.52. The lowest BCUT2D eigenvalue weighted by molar-refractivity contribution is -0.152. The molecule has 7 nitrogen and oxygen atoms in total. The van der Waals surface area contributed by atoms with Crippen molar-refractivity contribution in [3.05, 3.63) is 30.1 Å². The summed E-state index contributed by atoms with van der Waals surface area (Å²) < 4.78 is 27.3. The Morgan fingerprint density at radius 3 is 2.36 bits per heavy atom. The zero-order chi connectivity index (χ0) is 18.8. The first-order valence-electron chi connectivity index (χ1n) is 7.78. The van der Waals surface area contributed by atoms with Gasteiger partial charge in [-0.1, -0.05) is 20.3 Å². The first-order valence-corrected chi connectivity index (χ1v) is 7.78. The van der Waals surface area contributed by atoms with E-state index in [0.29, 0.717) is 12.2 Å². The Morgan fingerprint density at radius 1 is 1.16 bits per heavy atom. The monoisotopic (exact) mass is 355 g/mol. The number of amides is 1. The van der Waals surface area contributed by atoms with Crippen LogP contribution in [0.3, 0.4) is 0 Å². The van der Waals surface area contributed by atoms with Gasteiger partial charge in [0.25, 0.3) is 5.91 Å². The van der Waals surface area contributed by atoms with E-state index in [-0.39, 0.29) is 5.92 Å². The van der Waals surface area contributed by atoms with Crippen LogP contribution in [-0.4, -0.2) is 44.2 Å². The van der Waals surface area contributed by atoms with Gasteiger partial charge in [0.1, 0.15) is 17.6 Å². The number of carbonyl (C=O) groups excluding carboxylic acids is 3. The molecular formula is C17H22FNO6. The summed E-state index contributed by atoms with van der Waals surface area (Å²) in [4.78, 5) is 35.1. The van der Waals surface area contributed by atoms with E-state index in [1.54, 1.807) is 6.92 Å². The quantitative estimate of drug-likeness (QED) is 0.674. The van der Waals surface area contributed by atoms with E-state index in [9.17, 15) is 18.8 Å². The molecule has 0 aliphatic carbocycles. The largest absolute Gasteiger partial charge is 0.482 e.